The molecule has 5 heteroatoms. The molecular weight excluding hydrogens is 270 g/mol. The van der Waals surface area contributed by atoms with Gasteiger partial charge >= 0.3 is 0 Å². The summed E-state index contributed by atoms with van der Waals surface area (Å²) in [6.07, 6.45) is 0. The van der Waals surface area contributed by atoms with Crippen molar-refractivity contribution in [2.45, 2.75) is 9.92 Å². The second-order valence-corrected chi connectivity index (χ2v) is 5.24. The molecule has 0 unspecified atom stereocenters. The van der Waals surface area contributed by atoms with Gasteiger partial charge in [0.15, 0.2) is 5.82 Å². The average Bonchev–Trinajstić information content (AvgIpc) is 2.49. The van der Waals surface area contributed by atoms with Crippen molar-refractivity contribution in [1.82, 2.24) is 9.97 Å². The van der Waals surface area contributed by atoms with Crippen LogP contribution in [0.25, 0.3) is 11.0 Å². The smallest absolute Gasteiger partial charge is 0.157 e. The molecular formula is C15H13N3OS. The second-order valence-electron chi connectivity index (χ2n) is 4.18. The molecule has 0 amide bonds. The molecule has 0 saturated heterocycles. The van der Waals surface area contributed by atoms with Crippen LogP contribution in [0.4, 0.5) is 5.82 Å². The molecule has 3 rings (SSSR count). The Morgan fingerprint density at radius 1 is 0.950 bits per heavy atom. The molecule has 1 heterocycles. The van der Waals surface area contributed by atoms with Gasteiger partial charge in [-0.1, -0.05) is 23.9 Å². The van der Waals surface area contributed by atoms with Gasteiger partial charge in [0.2, 0.25) is 0 Å². The van der Waals surface area contributed by atoms with Crippen molar-refractivity contribution < 1.29 is 4.74 Å². The van der Waals surface area contributed by atoms with Crippen molar-refractivity contribution in [2.24, 2.45) is 0 Å². The van der Waals surface area contributed by atoms with Crippen LogP contribution in [0, 0.1) is 0 Å². The number of methoxy groups -OCH3 is 1. The van der Waals surface area contributed by atoms with Crippen molar-refractivity contribution in [2.75, 3.05) is 12.8 Å². The quantitative estimate of drug-likeness (QED) is 0.798. The van der Waals surface area contributed by atoms with Crippen molar-refractivity contribution in [3.63, 3.8) is 0 Å². The summed E-state index contributed by atoms with van der Waals surface area (Å²) in [6, 6.07) is 15.5. The summed E-state index contributed by atoms with van der Waals surface area (Å²) in [7, 11) is 1.65. The number of rotatable bonds is 3. The van der Waals surface area contributed by atoms with E-state index in [4.69, 9.17) is 10.5 Å². The lowest BCUT2D eigenvalue weighted by Crippen LogP contribution is -1.97. The van der Waals surface area contributed by atoms with E-state index in [0.717, 1.165) is 21.7 Å². The molecule has 0 saturated carbocycles. The SMILES string of the molecule is COc1ccc(Sc2nc3ccccc3nc2N)cc1. The number of ether oxygens (including phenoxy) is 1. The van der Waals surface area contributed by atoms with Crippen LogP contribution < -0.4 is 10.5 Å². The lowest BCUT2D eigenvalue weighted by atomic mass is 10.3. The van der Waals surface area contributed by atoms with E-state index >= 15 is 0 Å². The summed E-state index contributed by atoms with van der Waals surface area (Å²) >= 11 is 1.49. The summed E-state index contributed by atoms with van der Waals surface area (Å²) in [6.45, 7) is 0. The van der Waals surface area contributed by atoms with Crippen molar-refractivity contribution in [3.05, 3.63) is 48.5 Å². The molecule has 0 aliphatic carbocycles. The van der Waals surface area contributed by atoms with Crippen LogP contribution in [-0.2, 0) is 0 Å². The van der Waals surface area contributed by atoms with Crippen molar-refractivity contribution in [3.8, 4) is 5.75 Å². The van der Waals surface area contributed by atoms with Gasteiger partial charge in [-0.3, -0.25) is 0 Å². The van der Waals surface area contributed by atoms with Gasteiger partial charge in [0.1, 0.15) is 10.8 Å². The molecule has 0 bridgehead atoms. The molecule has 4 nitrogen and oxygen atoms in total. The number of hydrogen-bond acceptors (Lipinski definition) is 5. The highest BCUT2D eigenvalue weighted by molar-refractivity contribution is 7.99. The van der Waals surface area contributed by atoms with E-state index in [2.05, 4.69) is 9.97 Å². The lowest BCUT2D eigenvalue weighted by Gasteiger charge is -2.06. The predicted octanol–water partition coefficient (Wildman–Crippen LogP) is 3.37. The Balaban J connectivity index is 1.94. The van der Waals surface area contributed by atoms with E-state index in [1.165, 1.54) is 11.8 Å². The Hall–Kier alpha value is -2.27. The van der Waals surface area contributed by atoms with Crippen LogP contribution in [0.3, 0.4) is 0 Å². The van der Waals surface area contributed by atoms with Crippen LogP contribution in [0.5, 0.6) is 5.75 Å². The van der Waals surface area contributed by atoms with Gasteiger partial charge in [0, 0.05) is 4.90 Å². The number of nitrogens with two attached hydrogens (primary N) is 1. The fourth-order valence-electron chi connectivity index (χ4n) is 1.83. The number of benzene rings is 2. The van der Waals surface area contributed by atoms with E-state index in [-0.39, 0.29) is 0 Å². The van der Waals surface area contributed by atoms with Gasteiger partial charge in [-0.05, 0) is 36.4 Å². The maximum absolute atomic E-state index is 5.97. The van der Waals surface area contributed by atoms with Crippen LogP contribution in [0.15, 0.2) is 58.5 Å². The monoisotopic (exact) mass is 283 g/mol. The summed E-state index contributed by atoms with van der Waals surface area (Å²) < 4.78 is 5.14. The topological polar surface area (TPSA) is 61.0 Å². The number of nitrogen functional groups attached to an aromatic ring is 1. The van der Waals surface area contributed by atoms with Crippen molar-refractivity contribution in [1.29, 1.82) is 0 Å². The molecule has 0 atom stereocenters. The van der Waals surface area contributed by atoms with Gasteiger partial charge in [0.25, 0.3) is 0 Å². The zero-order valence-electron chi connectivity index (χ0n) is 10.9. The molecule has 0 fully saturated rings. The Morgan fingerprint density at radius 3 is 2.25 bits per heavy atom. The molecule has 3 aromatic rings. The number of para-hydroxylation sites is 2. The lowest BCUT2D eigenvalue weighted by molar-refractivity contribution is 0.414. The minimum Gasteiger partial charge on any atom is -0.497 e. The highest BCUT2D eigenvalue weighted by atomic mass is 32.2. The van der Waals surface area contributed by atoms with Gasteiger partial charge < -0.3 is 10.5 Å². The Morgan fingerprint density at radius 2 is 1.60 bits per heavy atom. The fraction of sp³-hybridized carbons (Fsp3) is 0.0667. The summed E-state index contributed by atoms with van der Waals surface area (Å²) in [5, 5.41) is 0.717. The number of hydrogen-bond donors (Lipinski definition) is 1. The van der Waals surface area contributed by atoms with Gasteiger partial charge in [-0.25, -0.2) is 9.97 Å². The van der Waals surface area contributed by atoms with E-state index < -0.39 is 0 Å². The first kappa shape index (κ1) is 12.7. The first-order chi connectivity index (χ1) is 9.76. The van der Waals surface area contributed by atoms with Gasteiger partial charge in [-0.2, -0.15) is 0 Å². The molecule has 0 radical (unpaired) electrons. The zero-order chi connectivity index (χ0) is 13.9. The average molecular weight is 283 g/mol. The molecule has 20 heavy (non-hydrogen) atoms. The number of fused-ring (bicyclic) bond motifs is 1. The van der Waals surface area contributed by atoms with Crippen LogP contribution in [0.1, 0.15) is 0 Å². The summed E-state index contributed by atoms with van der Waals surface area (Å²) in [5.74, 6) is 1.27. The first-order valence-electron chi connectivity index (χ1n) is 6.10. The molecule has 0 aliphatic rings. The number of aromatic nitrogens is 2. The normalized spacial score (nSPS) is 10.7. The highest BCUT2D eigenvalue weighted by Crippen LogP contribution is 2.31. The number of anilines is 1. The van der Waals surface area contributed by atoms with E-state index in [1.807, 2.05) is 48.5 Å². The maximum Gasteiger partial charge on any atom is 0.157 e. The Kier molecular flexibility index (Phi) is 3.43. The first-order valence-corrected chi connectivity index (χ1v) is 6.92. The number of nitrogens with zero attached hydrogens (tertiary/aromatic N) is 2. The largest absolute Gasteiger partial charge is 0.497 e. The van der Waals surface area contributed by atoms with Crippen LogP contribution in [0.2, 0.25) is 0 Å². The second kappa shape index (κ2) is 5.38. The zero-order valence-corrected chi connectivity index (χ0v) is 11.7. The minimum atomic E-state index is 0.449. The molecule has 0 aliphatic heterocycles. The molecule has 2 aromatic carbocycles. The van der Waals surface area contributed by atoms with Gasteiger partial charge in [0.05, 0.1) is 18.1 Å². The Bertz CT molecular complexity index is 744. The third-order valence-electron chi connectivity index (χ3n) is 2.84. The van der Waals surface area contributed by atoms with E-state index in [9.17, 15) is 0 Å². The summed E-state index contributed by atoms with van der Waals surface area (Å²) in [5.41, 5.74) is 7.63. The highest BCUT2D eigenvalue weighted by Gasteiger charge is 2.07. The third kappa shape index (κ3) is 2.53. The third-order valence-corrected chi connectivity index (χ3v) is 3.84. The van der Waals surface area contributed by atoms with E-state index in [0.29, 0.717) is 10.8 Å². The van der Waals surface area contributed by atoms with E-state index in [1.54, 1.807) is 7.11 Å². The minimum absolute atomic E-state index is 0.449. The Labute approximate surface area is 121 Å². The molecule has 0 spiro atoms. The molecule has 100 valence electrons. The standard InChI is InChI=1S/C15H13N3OS/c1-19-10-6-8-11(9-7-10)20-15-14(16)17-12-4-2-3-5-13(12)18-15/h2-9H,1H3,(H2,16,17). The van der Waals surface area contributed by atoms with Crippen LogP contribution in [-0.4, -0.2) is 17.1 Å². The predicted molar refractivity (Wildman–Crippen MR) is 81.1 cm³/mol. The van der Waals surface area contributed by atoms with Gasteiger partial charge in [-0.15, -0.1) is 0 Å². The van der Waals surface area contributed by atoms with Crippen LogP contribution >= 0.6 is 11.8 Å². The summed E-state index contributed by atoms with van der Waals surface area (Å²) in [4.78, 5) is 9.98. The van der Waals surface area contributed by atoms with Crippen molar-refractivity contribution >= 4 is 28.6 Å². The maximum atomic E-state index is 5.97. The molecule has 1 aromatic heterocycles. The fourth-order valence-corrected chi connectivity index (χ4v) is 2.62. The molecule has 2 N–H and O–H groups in total.